The van der Waals surface area contributed by atoms with E-state index in [9.17, 15) is 13.2 Å². The van der Waals surface area contributed by atoms with Crippen LogP contribution < -0.4 is 4.90 Å². The molecule has 0 aliphatic carbocycles. The van der Waals surface area contributed by atoms with Gasteiger partial charge in [0.15, 0.2) is 5.17 Å². The number of anilines is 1. The first-order valence-electron chi connectivity index (χ1n) is 8.17. The van der Waals surface area contributed by atoms with Crippen LogP contribution in [0.25, 0.3) is 0 Å². The van der Waals surface area contributed by atoms with Crippen LogP contribution in [0.2, 0.25) is 4.34 Å². The number of hydrogen-bond acceptors (Lipinski definition) is 5. The van der Waals surface area contributed by atoms with Gasteiger partial charge in [-0.2, -0.15) is 8.42 Å². The first kappa shape index (κ1) is 19.2. The van der Waals surface area contributed by atoms with Crippen LogP contribution in [0.15, 0.2) is 81.4 Å². The highest BCUT2D eigenvalue weighted by molar-refractivity contribution is 8.16. The topological polar surface area (TPSA) is 66.8 Å². The molecular formula is C19H13ClN2O3S3. The lowest BCUT2D eigenvalue weighted by Crippen LogP contribution is -2.30. The number of sulfonamides is 1. The number of benzene rings is 2. The summed E-state index contributed by atoms with van der Waals surface area (Å²) >= 11 is 7.92. The van der Waals surface area contributed by atoms with Gasteiger partial charge in [0.1, 0.15) is 9.46 Å². The molecule has 1 aromatic heterocycles. The smallest absolute Gasteiger partial charge is 0.272 e. The minimum Gasteiger partial charge on any atom is -0.272 e. The van der Waals surface area contributed by atoms with Crippen LogP contribution in [0.5, 0.6) is 0 Å². The summed E-state index contributed by atoms with van der Waals surface area (Å²) < 4.78 is 29.9. The molecule has 28 heavy (non-hydrogen) atoms. The highest BCUT2D eigenvalue weighted by Gasteiger charge is 2.41. The molecule has 0 saturated carbocycles. The number of rotatable bonds is 4. The molecule has 1 aliphatic heterocycles. The van der Waals surface area contributed by atoms with Crippen molar-refractivity contribution in [2.24, 2.45) is 4.40 Å². The van der Waals surface area contributed by atoms with Gasteiger partial charge in [-0.05, 0) is 29.8 Å². The number of hydrogen-bond donors (Lipinski definition) is 0. The molecule has 1 saturated heterocycles. The van der Waals surface area contributed by atoms with Crippen LogP contribution in [0.4, 0.5) is 5.69 Å². The van der Waals surface area contributed by atoms with Crippen LogP contribution in [-0.2, 0) is 14.8 Å². The number of nitrogens with zero attached hydrogens (tertiary/aromatic N) is 2. The first-order chi connectivity index (χ1) is 13.5. The average Bonchev–Trinajstić information content (AvgIpc) is 3.27. The number of halogens is 1. The third kappa shape index (κ3) is 3.73. The zero-order valence-electron chi connectivity index (χ0n) is 14.2. The maximum atomic E-state index is 13.2. The van der Waals surface area contributed by atoms with Crippen molar-refractivity contribution in [2.45, 2.75) is 9.46 Å². The molecule has 142 valence electrons. The fourth-order valence-electron chi connectivity index (χ4n) is 2.72. The quantitative estimate of drug-likeness (QED) is 0.565. The van der Waals surface area contributed by atoms with E-state index in [1.165, 1.54) is 17.0 Å². The third-order valence-electron chi connectivity index (χ3n) is 3.98. The van der Waals surface area contributed by atoms with E-state index in [1.807, 2.05) is 36.4 Å². The van der Waals surface area contributed by atoms with Gasteiger partial charge in [0.2, 0.25) is 0 Å². The number of thiophene rings is 1. The van der Waals surface area contributed by atoms with Crippen LogP contribution in [0.1, 0.15) is 10.8 Å². The Balaban J connectivity index is 1.80. The third-order valence-corrected chi connectivity index (χ3v) is 8.25. The molecule has 0 spiro atoms. The molecule has 9 heteroatoms. The number of carbonyl (C=O) groups excluding carboxylic acids is 1. The number of carbonyl (C=O) groups is 1. The number of thioether (sulfide) groups is 1. The Kier molecular flexibility index (Phi) is 5.29. The number of amides is 1. The summed E-state index contributed by atoms with van der Waals surface area (Å²) in [5.41, 5.74) is 1.36. The summed E-state index contributed by atoms with van der Waals surface area (Å²) in [5.74, 6) is -0.236. The normalized spacial score (nSPS) is 18.8. The predicted molar refractivity (Wildman–Crippen MR) is 115 cm³/mol. The zero-order chi connectivity index (χ0) is 19.7. The largest absolute Gasteiger partial charge is 0.294 e. The number of para-hydroxylation sites is 1. The van der Waals surface area contributed by atoms with Crippen molar-refractivity contribution in [3.05, 3.63) is 82.7 Å². The van der Waals surface area contributed by atoms with Gasteiger partial charge in [-0.15, -0.1) is 15.7 Å². The van der Waals surface area contributed by atoms with Crippen molar-refractivity contribution in [3.8, 4) is 0 Å². The van der Waals surface area contributed by atoms with Crippen LogP contribution in [-0.4, -0.2) is 19.5 Å². The van der Waals surface area contributed by atoms with Crippen molar-refractivity contribution in [2.75, 3.05) is 4.90 Å². The summed E-state index contributed by atoms with van der Waals surface area (Å²) in [6, 6.07) is 21.0. The maximum absolute atomic E-state index is 13.2. The Morgan fingerprint density at radius 1 is 0.929 bits per heavy atom. The highest BCUT2D eigenvalue weighted by Crippen LogP contribution is 2.42. The molecule has 2 aromatic carbocycles. The van der Waals surface area contributed by atoms with Crippen LogP contribution in [0.3, 0.4) is 0 Å². The second kappa shape index (κ2) is 7.71. The Morgan fingerprint density at radius 2 is 1.57 bits per heavy atom. The average molecular weight is 449 g/mol. The second-order valence-electron chi connectivity index (χ2n) is 5.83. The molecule has 4 rings (SSSR count). The van der Waals surface area contributed by atoms with Crippen molar-refractivity contribution < 1.29 is 13.2 Å². The van der Waals surface area contributed by atoms with Gasteiger partial charge < -0.3 is 0 Å². The highest BCUT2D eigenvalue weighted by atomic mass is 35.5. The van der Waals surface area contributed by atoms with E-state index in [0.29, 0.717) is 10.0 Å². The van der Waals surface area contributed by atoms with Gasteiger partial charge in [0.05, 0.1) is 10.0 Å². The monoisotopic (exact) mass is 448 g/mol. The fourth-order valence-corrected chi connectivity index (χ4v) is 6.53. The molecule has 1 aliphatic rings. The first-order valence-corrected chi connectivity index (χ1v) is 11.7. The van der Waals surface area contributed by atoms with Crippen molar-refractivity contribution >= 4 is 61.5 Å². The lowest BCUT2D eigenvalue weighted by atomic mass is 10.1. The molecular weight excluding hydrogens is 436 g/mol. The molecule has 0 N–H and O–H groups in total. The Labute approximate surface area is 175 Å². The molecule has 0 unspecified atom stereocenters. The molecule has 5 nitrogen and oxygen atoms in total. The standard InChI is InChI=1S/C19H13ClN2O3S3/c20-15-11-12-16(26-15)28(24,25)21-19-22(14-9-5-2-6-10-14)18(23)17(27-19)13-7-3-1-4-8-13/h1-12,17H/t17-/m0/s1. The van der Waals surface area contributed by atoms with E-state index in [4.69, 9.17) is 11.6 Å². The van der Waals surface area contributed by atoms with Gasteiger partial charge in [0.25, 0.3) is 15.9 Å². The molecule has 1 fully saturated rings. The van der Waals surface area contributed by atoms with Crippen LogP contribution >= 0.6 is 34.7 Å². The molecule has 3 aromatic rings. The Morgan fingerprint density at radius 3 is 2.18 bits per heavy atom. The van der Waals surface area contributed by atoms with Crippen LogP contribution in [0, 0.1) is 0 Å². The molecule has 1 atom stereocenters. The van der Waals surface area contributed by atoms with Gasteiger partial charge in [-0.1, -0.05) is 71.9 Å². The van der Waals surface area contributed by atoms with E-state index in [2.05, 4.69) is 4.40 Å². The summed E-state index contributed by atoms with van der Waals surface area (Å²) in [5, 5.41) is -0.447. The molecule has 2 heterocycles. The van der Waals surface area contributed by atoms with Crippen molar-refractivity contribution in [1.82, 2.24) is 0 Å². The SMILES string of the molecule is O=C1[C@H](c2ccccc2)SC(=NS(=O)(=O)c2ccc(Cl)s2)N1c1ccccc1. The minimum atomic E-state index is -3.99. The van der Waals surface area contributed by atoms with Gasteiger partial charge in [0, 0.05) is 0 Å². The minimum absolute atomic E-state index is 0.0363. The summed E-state index contributed by atoms with van der Waals surface area (Å²) in [7, 11) is -3.99. The lowest BCUT2D eigenvalue weighted by molar-refractivity contribution is -0.117. The molecule has 1 amide bonds. The molecule has 0 radical (unpaired) electrons. The summed E-state index contributed by atoms with van der Waals surface area (Å²) in [4.78, 5) is 14.5. The zero-order valence-corrected chi connectivity index (χ0v) is 17.4. The van der Waals surface area contributed by atoms with Gasteiger partial charge in [-0.3, -0.25) is 9.69 Å². The lowest BCUT2D eigenvalue weighted by Gasteiger charge is -2.16. The van der Waals surface area contributed by atoms with Crippen molar-refractivity contribution in [1.29, 1.82) is 0 Å². The Bertz CT molecular complexity index is 1150. The van der Waals surface area contributed by atoms with E-state index in [1.54, 1.807) is 24.3 Å². The van der Waals surface area contributed by atoms with E-state index in [-0.39, 0.29) is 15.3 Å². The predicted octanol–water partition coefficient (Wildman–Crippen LogP) is 4.97. The van der Waals surface area contributed by atoms with E-state index >= 15 is 0 Å². The Hall–Kier alpha value is -2.13. The van der Waals surface area contributed by atoms with E-state index < -0.39 is 15.3 Å². The molecule has 0 bridgehead atoms. The van der Waals surface area contributed by atoms with E-state index in [0.717, 1.165) is 28.7 Å². The maximum Gasteiger partial charge on any atom is 0.294 e. The van der Waals surface area contributed by atoms with Gasteiger partial charge >= 0.3 is 0 Å². The second-order valence-corrected chi connectivity index (χ2v) is 10.4. The van der Waals surface area contributed by atoms with Gasteiger partial charge in [-0.25, -0.2) is 0 Å². The number of amidine groups is 1. The van der Waals surface area contributed by atoms with Crippen molar-refractivity contribution in [3.63, 3.8) is 0 Å². The summed E-state index contributed by atoms with van der Waals surface area (Å²) in [6.45, 7) is 0. The summed E-state index contributed by atoms with van der Waals surface area (Å²) in [6.07, 6.45) is 0. The fraction of sp³-hybridized carbons (Fsp3) is 0.0526.